The SMILES string of the molecule is CC(=O)[C@@H]1CCCN1C(=O)[C@H]1CCCN1C. The second-order valence-electron chi connectivity index (χ2n) is 4.94. The predicted octanol–water partition coefficient (Wildman–Crippen LogP) is 0.661. The van der Waals surface area contributed by atoms with Gasteiger partial charge in [-0.1, -0.05) is 0 Å². The van der Waals surface area contributed by atoms with Crippen molar-refractivity contribution >= 4 is 11.7 Å². The van der Waals surface area contributed by atoms with Crippen LogP contribution in [-0.2, 0) is 9.59 Å². The quantitative estimate of drug-likeness (QED) is 0.692. The van der Waals surface area contributed by atoms with Gasteiger partial charge in [0.1, 0.15) is 0 Å². The van der Waals surface area contributed by atoms with Crippen LogP contribution in [0.15, 0.2) is 0 Å². The zero-order valence-corrected chi connectivity index (χ0v) is 10.1. The van der Waals surface area contributed by atoms with Gasteiger partial charge in [0.05, 0.1) is 12.1 Å². The van der Waals surface area contributed by atoms with E-state index in [0.717, 1.165) is 38.8 Å². The Labute approximate surface area is 96.6 Å². The van der Waals surface area contributed by atoms with Gasteiger partial charge < -0.3 is 4.90 Å². The topological polar surface area (TPSA) is 40.6 Å². The van der Waals surface area contributed by atoms with Gasteiger partial charge in [-0.15, -0.1) is 0 Å². The minimum Gasteiger partial charge on any atom is -0.331 e. The molecule has 1 amide bonds. The van der Waals surface area contributed by atoms with E-state index in [1.165, 1.54) is 0 Å². The van der Waals surface area contributed by atoms with Gasteiger partial charge in [-0.3, -0.25) is 14.5 Å². The van der Waals surface area contributed by atoms with Gasteiger partial charge in [-0.05, 0) is 46.2 Å². The Morgan fingerprint density at radius 2 is 1.69 bits per heavy atom. The molecule has 0 saturated carbocycles. The fourth-order valence-corrected chi connectivity index (χ4v) is 2.87. The molecule has 0 aromatic rings. The van der Waals surface area contributed by atoms with Crippen molar-refractivity contribution in [1.29, 1.82) is 0 Å². The Morgan fingerprint density at radius 3 is 2.25 bits per heavy atom. The number of amides is 1. The minimum atomic E-state index is -0.151. The first-order chi connectivity index (χ1) is 7.61. The monoisotopic (exact) mass is 224 g/mol. The van der Waals surface area contributed by atoms with E-state index in [-0.39, 0.29) is 23.8 Å². The Hall–Kier alpha value is -0.900. The van der Waals surface area contributed by atoms with E-state index in [4.69, 9.17) is 0 Å². The van der Waals surface area contributed by atoms with Crippen LogP contribution >= 0.6 is 0 Å². The molecule has 4 nitrogen and oxygen atoms in total. The largest absolute Gasteiger partial charge is 0.331 e. The Bertz CT molecular complexity index is 303. The number of ketones is 1. The van der Waals surface area contributed by atoms with Gasteiger partial charge in [0.2, 0.25) is 5.91 Å². The smallest absolute Gasteiger partial charge is 0.240 e. The average Bonchev–Trinajstić information content (AvgIpc) is 2.84. The highest BCUT2D eigenvalue weighted by atomic mass is 16.2. The van der Waals surface area contributed by atoms with Crippen molar-refractivity contribution in [1.82, 2.24) is 9.80 Å². The first kappa shape index (κ1) is 11.6. The number of rotatable bonds is 2. The molecule has 0 N–H and O–H groups in total. The number of hydrogen-bond donors (Lipinski definition) is 0. The van der Waals surface area contributed by atoms with Crippen LogP contribution < -0.4 is 0 Å². The number of carbonyl (C=O) groups is 2. The maximum Gasteiger partial charge on any atom is 0.240 e. The summed E-state index contributed by atoms with van der Waals surface area (Å²) in [6.07, 6.45) is 3.84. The summed E-state index contributed by atoms with van der Waals surface area (Å²) in [7, 11) is 1.99. The van der Waals surface area contributed by atoms with E-state index < -0.39 is 0 Å². The summed E-state index contributed by atoms with van der Waals surface area (Å²) in [6.45, 7) is 3.34. The molecule has 0 aliphatic carbocycles. The van der Waals surface area contributed by atoms with Crippen molar-refractivity contribution in [2.24, 2.45) is 0 Å². The van der Waals surface area contributed by atoms with Gasteiger partial charge in [-0.2, -0.15) is 0 Å². The molecule has 0 spiro atoms. The zero-order chi connectivity index (χ0) is 11.7. The van der Waals surface area contributed by atoms with Gasteiger partial charge in [0, 0.05) is 6.54 Å². The summed E-state index contributed by atoms with van der Waals surface area (Å²) >= 11 is 0. The molecule has 2 saturated heterocycles. The predicted molar refractivity (Wildman–Crippen MR) is 61.1 cm³/mol. The molecule has 2 atom stereocenters. The molecule has 16 heavy (non-hydrogen) atoms. The molecule has 0 bridgehead atoms. The lowest BCUT2D eigenvalue weighted by atomic mass is 10.1. The third kappa shape index (κ3) is 1.98. The van der Waals surface area contributed by atoms with E-state index in [9.17, 15) is 9.59 Å². The number of Topliss-reactive ketones (excluding diaryl/α,β-unsaturated/α-hetero) is 1. The lowest BCUT2D eigenvalue weighted by Gasteiger charge is -2.28. The first-order valence-electron chi connectivity index (χ1n) is 6.12. The summed E-state index contributed by atoms with van der Waals surface area (Å²) in [5.41, 5.74) is 0. The van der Waals surface area contributed by atoms with Crippen molar-refractivity contribution in [2.45, 2.75) is 44.7 Å². The summed E-state index contributed by atoms with van der Waals surface area (Å²) in [5.74, 6) is 0.296. The molecule has 4 heteroatoms. The van der Waals surface area contributed by atoms with Gasteiger partial charge >= 0.3 is 0 Å². The fourth-order valence-electron chi connectivity index (χ4n) is 2.87. The van der Waals surface area contributed by atoms with E-state index in [2.05, 4.69) is 4.90 Å². The number of likely N-dealkylation sites (N-methyl/N-ethyl adjacent to an activating group) is 1. The lowest BCUT2D eigenvalue weighted by molar-refractivity contribution is -0.140. The van der Waals surface area contributed by atoms with Crippen molar-refractivity contribution in [3.8, 4) is 0 Å². The van der Waals surface area contributed by atoms with E-state index in [0.29, 0.717) is 0 Å². The summed E-state index contributed by atoms with van der Waals surface area (Å²) in [6, 6.07) is -0.138. The number of nitrogens with zero attached hydrogens (tertiary/aromatic N) is 2. The molecule has 2 heterocycles. The van der Waals surface area contributed by atoms with Crippen LogP contribution in [0.1, 0.15) is 32.6 Å². The average molecular weight is 224 g/mol. The Morgan fingerprint density at radius 1 is 1.06 bits per heavy atom. The van der Waals surface area contributed by atoms with Crippen molar-refractivity contribution < 1.29 is 9.59 Å². The second-order valence-corrected chi connectivity index (χ2v) is 4.94. The highest BCUT2D eigenvalue weighted by Gasteiger charge is 2.38. The molecule has 2 rings (SSSR count). The van der Waals surface area contributed by atoms with Crippen molar-refractivity contribution in [3.63, 3.8) is 0 Å². The van der Waals surface area contributed by atoms with Crippen LogP contribution in [0.4, 0.5) is 0 Å². The molecule has 2 aliphatic heterocycles. The van der Waals surface area contributed by atoms with E-state index in [1.807, 2.05) is 7.05 Å². The van der Waals surface area contributed by atoms with Gasteiger partial charge in [0.15, 0.2) is 5.78 Å². The van der Waals surface area contributed by atoms with Crippen molar-refractivity contribution in [3.05, 3.63) is 0 Å². The van der Waals surface area contributed by atoms with Crippen LogP contribution in [0.2, 0.25) is 0 Å². The van der Waals surface area contributed by atoms with E-state index >= 15 is 0 Å². The standard InChI is InChI=1S/C12H20N2O2/c1-9(15)10-5-4-8-14(10)12(16)11-6-3-7-13(11)2/h10-11H,3-8H2,1-2H3/t10-,11+/m0/s1. The maximum atomic E-state index is 12.3. The molecule has 0 unspecified atom stereocenters. The highest BCUT2D eigenvalue weighted by molar-refractivity contribution is 5.90. The summed E-state index contributed by atoms with van der Waals surface area (Å²) < 4.78 is 0. The van der Waals surface area contributed by atoms with Crippen molar-refractivity contribution in [2.75, 3.05) is 20.1 Å². The summed E-state index contributed by atoms with van der Waals surface area (Å²) in [5, 5.41) is 0. The molecular weight excluding hydrogens is 204 g/mol. The van der Waals surface area contributed by atoms with Crippen LogP contribution in [0.25, 0.3) is 0 Å². The van der Waals surface area contributed by atoms with E-state index in [1.54, 1.807) is 11.8 Å². The number of hydrogen-bond acceptors (Lipinski definition) is 3. The molecular formula is C12H20N2O2. The first-order valence-corrected chi connectivity index (χ1v) is 6.12. The Balaban J connectivity index is 2.06. The van der Waals surface area contributed by atoms with Crippen LogP contribution in [0.3, 0.4) is 0 Å². The second kappa shape index (κ2) is 4.53. The molecule has 90 valence electrons. The Kier molecular flexibility index (Phi) is 3.28. The summed E-state index contributed by atoms with van der Waals surface area (Å²) in [4.78, 5) is 27.7. The zero-order valence-electron chi connectivity index (χ0n) is 10.1. The van der Waals surface area contributed by atoms with Gasteiger partial charge in [0.25, 0.3) is 0 Å². The molecule has 0 aromatic carbocycles. The van der Waals surface area contributed by atoms with Crippen LogP contribution in [-0.4, -0.2) is 53.7 Å². The molecule has 2 aliphatic rings. The molecule has 2 fully saturated rings. The van der Waals surface area contributed by atoms with Gasteiger partial charge in [-0.25, -0.2) is 0 Å². The fraction of sp³-hybridized carbons (Fsp3) is 0.833. The third-order valence-corrected chi connectivity index (χ3v) is 3.81. The maximum absolute atomic E-state index is 12.3. The number of likely N-dealkylation sites (tertiary alicyclic amines) is 2. The number of carbonyl (C=O) groups excluding carboxylic acids is 2. The highest BCUT2D eigenvalue weighted by Crippen LogP contribution is 2.23. The normalized spacial score (nSPS) is 31.0. The minimum absolute atomic E-state index is 0.0138. The molecule has 0 aromatic heterocycles. The lowest BCUT2D eigenvalue weighted by Crippen LogP contribution is -2.48. The van der Waals surface area contributed by atoms with Crippen LogP contribution in [0, 0.1) is 0 Å². The molecule has 0 radical (unpaired) electrons. The third-order valence-electron chi connectivity index (χ3n) is 3.81. The van der Waals surface area contributed by atoms with Crippen LogP contribution in [0.5, 0.6) is 0 Å².